The van der Waals surface area contributed by atoms with Crippen molar-refractivity contribution in [3.05, 3.63) is 35.9 Å². The van der Waals surface area contributed by atoms with E-state index in [9.17, 15) is 9.59 Å². The van der Waals surface area contributed by atoms with E-state index in [2.05, 4.69) is 29.2 Å². The fraction of sp³-hybridized carbons (Fsp3) is 0.600. The Hall–Kier alpha value is -1.84. The minimum Gasteiger partial charge on any atom is -0.343 e. The second kappa shape index (κ2) is 5.91. The van der Waals surface area contributed by atoms with Crippen molar-refractivity contribution < 1.29 is 9.59 Å². The number of nitrogens with zero attached hydrogens (tertiary/aromatic N) is 2. The SMILES string of the molecule is CC(=O)N1CCC(N2C(=O)C3(CCCC3)C2c2ccccc2)CC1. The molecule has 4 nitrogen and oxygen atoms in total. The number of amides is 2. The molecule has 0 bridgehead atoms. The van der Waals surface area contributed by atoms with Crippen molar-refractivity contribution in [3.8, 4) is 0 Å². The smallest absolute Gasteiger partial charge is 0.232 e. The molecule has 128 valence electrons. The van der Waals surface area contributed by atoms with Gasteiger partial charge in [-0.25, -0.2) is 0 Å². The highest BCUT2D eigenvalue weighted by Gasteiger charge is 2.63. The number of likely N-dealkylation sites (tertiary alicyclic amines) is 2. The van der Waals surface area contributed by atoms with Crippen LogP contribution in [0.15, 0.2) is 30.3 Å². The maximum atomic E-state index is 13.1. The van der Waals surface area contributed by atoms with Gasteiger partial charge in [0.05, 0.1) is 11.5 Å². The van der Waals surface area contributed by atoms with E-state index in [-0.39, 0.29) is 23.4 Å². The third kappa shape index (κ3) is 2.27. The molecule has 1 aromatic carbocycles. The van der Waals surface area contributed by atoms with Crippen LogP contribution in [0.3, 0.4) is 0 Å². The summed E-state index contributed by atoms with van der Waals surface area (Å²) in [5.74, 6) is 0.519. The van der Waals surface area contributed by atoms with Gasteiger partial charge in [-0.15, -0.1) is 0 Å². The standard InChI is InChI=1S/C20H26N2O2/c1-15(23)21-13-9-17(10-14-21)22-18(16-7-3-2-4-8-16)20(19(22)24)11-5-6-12-20/h2-4,7-8,17-18H,5-6,9-14H2,1H3. The van der Waals surface area contributed by atoms with Gasteiger partial charge in [0.2, 0.25) is 11.8 Å². The largest absolute Gasteiger partial charge is 0.343 e. The van der Waals surface area contributed by atoms with Gasteiger partial charge in [-0.1, -0.05) is 43.2 Å². The van der Waals surface area contributed by atoms with Crippen molar-refractivity contribution in [2.45, 2.75) is 57.5 Å². The Balaban J connectivity index is 1.58. The average molecular weight is 326 g/mol. The zero-order valence-electron chi connectivity index (χ0n) is 14.4. The molecule has 4 rings (SSSR count). The number of hydrogen-bond donors (Lipinski definition) is 0. The van der Waals surface area contributed by atoms with Crippen LogP contribution in [0.5, 0.6) is 0 Å². The first-order valence-corrected chi connectivity index (χ1v) is 9.27. The Labute approximate surface area is 143 Å². The lowest BCUT2D eigenvalue weighted by atomic mass is 9.65. The summed E-state index contributed by atoms with van der Waals surface area (Å²) >= 11 is 0. The van der Waals surface area contributed by atoms with Crippen LogP contribution in [0.1, 0.15) is 57.1 Å². The first kappa shape index (κ1) is 15.7. The number of rotatable bonds is 2. The molecule has 1 unspecified atom stereocenters. The molecule has 2 amide bonds. The molecule has 1 spiro atoms. The van der Waals surface area contributed by atoms with Gasteiger partial charge < -0.3 is 9.80 Å². The van der Waals surface area contributed by atoms with Crippen LogP contribution in [0, 0.1) is 5.41 Å². The molecule has 1 atom stereocenters. The van der Waals surface area contributed by atoms with Crippen molar-refractivity contribution in [1.29, 1.82) is 0 Å². The number of benzene rings is 1. The first-order valence-electron chi connectivity index (χ1n) is 9.27. The van der Waals surface area contributed by atoms with E-state index < -0.39 is 0 Å². The highest BCUT2D eigenvalue weighted by atomic mass is 16.2. The van der Waals surface area contributed by atoms with Gasteiger partial charge in [-0.05, 0) is 31.2 Å². The fourth-order valence-corrected chi connectivity index (χ4v) is 5.14. The van der Waals surface area contributed by atoms with Gasteiger partial charge in [-0.2, -0.15) is 0 Å². The van der Waals surface area contributed by atoms with E-state index in [1.54, 1.807) is 6.92 Å². The summed E-state index contributed by atoms with van der Waals surface area (Å²) in [6.07, 6.45) is 6.23. The van der Waals surface area contributed by atoms with E-state index in [0.29, 0.717) is 5.91 Å². The van der Waals surface area contributed by atoms with Crippen molar-refractivity contribution in [3.63, 3.8) is 0 Å². The minimum absolute atomic E-state index is 0.140. The zero-order valence-corrected chi connectivity index (χ0v) is 14.4. The van der Waals surface area contributed by atoms with E-state index >= 15 is 0 Å². The number of hydrogen-bond acceptors (Lipinski definition) is 2. The molecule has 2 aliphatic heterocycles. The molecule has 0 radical (unpaired) electrons. The normalized spacial score (nSPS) is 26.7. The molecule has 1 aliphatic carbocycles. The molecule has 2 heterocycles. The Morgan fingerprint density at radius 2 is 1.71 bits per heavy atom. The zero-order chi connectivity index (χ0) is 16.7. The maximum Gasteiger partial charge on any atom is 0.232 e. The summed E-state index contributed by atoms with van der Waals surface area (Å²) in [5, 5.41) is 0. The van der Waals surface area contributed by atoms with Crippen molar-refractivity contribution in [1.82, 2.24) is 9.80 Å². The maximum absolute atomic E-state index is 13.1. The quantitative estimate of drug-likeness (QED) is 0.783. The first-order chi connectivity index (χ1) is 11.6. The fourth-order valence-electron chi connectivity index (χ4n) is 5.14. The van der Waals surface area contributed by atoms with Gasteiger partial charge in [0.15, 0.2) is 0 Å². The third-order valence-electron chi connectivity index (χ3n) is 6.38. The molecular weight excluding hydrogens is 300 g/mol. The van der Waals surface area contributed by atoms with Crippen molar-refractivity contribution in [2.24, 2.45) is 5.41 Å². The second-order valence-electron chi connectivity index (χ2n) is 7.63. The Kier molecular flexibility index (Phi) is 3.86. The number of piperidine rings is 1. The number of β-lactam (4-membered cyclic amide) rings is 1. The summed E-state index contributed by atoms with van der Waals surface area (Å²) in [6, 6.07) is 11.1. The van der Waals surface area contributed by atoms with Gasteiger partial charge in [0.1, 0.15) is 0 Å². The van der Waals surface area contributed by atoms with Crippen molar-refractivity contribution >= 4 is 11.8 Å². The summed E-state index contributed by atoms with van der Waals surface area (Å²) in [5.41, 5.74) is 1.15. The molecule has 1 aromatic rings. The van der Waals surface area contributed by atoms with Crippen LogP contribution in [0.2, 0.25) is 0 Å². The lowest BCUT2D eigenvalue weighted by molar-refractivity contribution is -0.181. The predicted molar refractivity (Wildman–Crippen MR) is 92.2 cm³/mol. The Bertz CT molecular complexity index is 628. The molecule has 3 fully saturated rings. The summed E-state index contributed by atoms with van der Waals surface area (Å²) in [6.45, 7) is 3.19. The lowest BCUT2D eigenvalue weighted by Crippen LogP contribution is -2.66. The molecule has 1 saturated carbocycles. The highest BCUT2D eigenvalue weighted by Crippen LogP contribution is 2.60. The Morgan fingerprint density at radius 1 is 1.08 bits per heavy atom. The molecule has 0 N–H and O–H groups in total. The van der Waals surface area contributed by atoms with Crippen LogP contribution in [-0.2, 0) is 9.59 Å². The van der Waals surface area contributed by atoms with E-state index in [4.69, 9.17) is 0 Å². The van der Waals surface area contributed by atoms with E-state index in [1.165, 1.54) is 18.4 Å². The van der Waals surface area contributed by atoms with Gasteiger partial charge in [0.25, 0.3) is 0 Å². The topological polar surface area (TPSA) is 40.6 Å². The summed E-state index contributed by atoms with van der Waals surface area (Å²) in [7, 11) is 0. The Morgan fingerprint density at radius 3 is 2.29 bits per heavy atom. The van der Waals surface area contributed by atoms with Crippen LogP contribution < -0.4 is 0 Å². The average Bonchev–Trinajstić information content (AvgIpc) is 3.12. The van der Waals surface area contributed by atoms with Crippen LogP contribution in [0.25, 0.3) is 0 Å². The molecule has 2 saturated heterocycles. The number of carbonyl (C=O) groups excluding carboxylic acids is 2. The highest BCUT2D eigenvalue weighted by molar-refractivity contribution is 5.91. The molecule has 4 heteroatoms. The third-order valence-corrected chi connectivity index (χ3v) is 6.38. The molecular formula is C20H26N2O2. The van der Waals surface area contributed by atoms with Gasteiger partial charge in [-0.3, -0.25) is 9.59 Å². The van der Waals surface area contributed by atoms with Crippen LogP contribution in [0.4, 0.5) is 0 Å². The molecule has 24 heavy (non-hydrogen) atoms. The van der Waals surface area contributed by atoms with E-state index in [1.807, 2.05) is 11.0 Å². The van der Waals surface area contributed by atoms with E-state index in [0.717, 1.165) is 38.8 Å². The van der Waals surface area contributed by atoms with Crippen LogP contribution in [-0.4, -0.2) is 40.7 Å². The predicted octanol–water partition coefficient (Wildman–Crippen LogP) is 3.14. The number of carbonyl (C=O) groups is 2. The lowest BCUT2D eigenvalue weighted by Gasteiger charge is -2.59. The van der Waals surface area contributed by atoms with Crippen LogP contribution >= 0.6 is 0 Å². The van der Waals surface area contributed by atoms with Gasteiger partial charge in [0, 0.05) is 26.1 Å². The van der Waals surface area contributed by atoms with Gasteiger partial charge >= 0.3 is 0 Å². The van der Waals surface area contributed by atoms with Crippen molar-refractivity contribution in [2.75, 3.05) is 13.1 Å². The second-order valence-corrected chi connectivity index (χ2v) is 7.63. The minimum atomic E-state index is -0.140. The monoisotopic (exact) mass is 326 g/mol. The summed E-state index contributed by atoms with van der Waals surface area (Å²) in [4.78, 5) is 28.8. The molecule has 0 aromatic heterocycles. The molecule has 3 aliphatic rings. The summed E-state index contributed by atoms with van der Waals surface area (Å²) < 4.78 is 0.